The molecule has 0 aliphatic heterocycles. The lowest BCUT2D eigenvalue weighted by atomic mass is 10.1. The molecule has 0 bridgehead atoms. The number of benzene rings is 1. The predicted molar refractivity (Wildman–Crippen MR) is 84.6 cm³/mol. The van der Waals surface area contributed by atoms with Crippen LogP contribution >= 0.6 is 0 Å². The van der Waals surface area contributed by atoms with Gasteiger partial charge < -0.3 is 15.2 Å². The zero-order valence-corrected chi connectivity index (χ0v) is 13.3. The normalized spacial score (nSPS) is 10.9. The maximum Gasteiger partial charge on any atom is 0.325 e. The van der Waals surface area contributed by atoms with Crippen molar-refractivity contribution in [1.29, 1.82) is 0 Å². The number of anilines is 1. The number of ether oxygens (including phenoxy) is 1. The number of nitrogens with zero attached hydrogens (tertiary/aromatic N) is 1. The van der Waals surface area contributed by atoms with Gasteiger partial charge in [0, 0.05) is 5.69 Å². The van der Waals surface area contributed by atoms with Crippen molar-refractivity contribution in [2.45, 2.75) is 12.5 Å². The zero-order chi connectivity index (χ0) is 18.8. The second-order valence-electron chi connectivity index (χ2n) is 4.72. The summed E-state index contributed by atoms with van der Waals surface area (Å²) in [5.41, 5.74) is 0.311. The standard InChI is InChI=1S/C15H17N3O7/c1-25-13(22)8-18(10-5-3-2-4-6-10)14(23)11(7-12(20)21)17-15(24)16-9-19/h2-6,9,11H,7-8H2,1H3,(H,20,21)(H2,16,17,19,24)/t11-/m0/s1. The summed E-state index contributed by atoms with van der Waals surface area (Å²) in [7, 11) is 1.14. The Morgan fingerprint density at radius 2 is 1.88 bits per heavy atom. The number of nitrogens with one attached hydrogen (secondary N) is 2. The van der Waals surface area contributed by atoms with E-state index in [-0.39, 0.29) is 6.41 Å². The first-order valence-electron chi connectivity index (χ1n) is 7.04. The van der Waals surface area contributed by atoms with Gasteiger partial charge >= 0.3 is 18.0 Å². The average molecular weight is 351 g/mol. The summed E-state index contributed by atoms with van der Waals surface area (Å²) in [4.78, 5) is 58.0. The lowest BCUT2D eigenvalue weighted by molar-refractivity contribution is -0.140. The number of hydrogen-bond donors (Lipinski definition) is 3. The molecule has 0 aliphatic rings. The third-order valence-corrected chi connectivity index (χ3v) is 3.02. The Hall–Kier alpha value is -3.43. The first kappa shape index (κ1) is 19.6. The number of aliphatic carboxylic acids is 1. The maximum atomic E-state index is 12.7. The van der Waals surface area contributed by atoms with Crippen LogP contribution in [-0.4, -0.2) is 55.1 Å². The predicted octanol–water partition coefficient (Wildman–Crippen LogP) is -0.508. The molecule has 1 atom stereocenters. The van der Waals surface area contributed by atoms with Crippen LogP contribution < -0.4 is 15.5 Å². The molecule has 1 aromatic carbocycles. The van der Waals surface area contributed by atoms with Crippen LogP contribution in [0, 0.1) is 0 Å². The lowest BCUT2D eigenvalue weighted by Gasteiger charge is -2.26. The van der Waals surface area contributed by atoms with E-state index in [0.717, 1.165) is 12.0 Å². The van der Waals surface area contributed by atoms with Gasteiger partial charge in [-0.15, -0.1) is 0 Å². The number of carbonyl (C=O) groups excluding carboxylic acids is 4. The first-order valence-corrected chi connectivity index (χ1v) is 7.04. The van der Waals surface area contributed by atoms with Crippen molar-refractivity contribution in [2.75, 3.05) is 18.6 Å². The van der Waals surface area contributed by atoms with Crippen LogP contribution in [0.5, 0.6) is 0 Å². The van der Waals surface area contributed by atoms with Crippen molar-refractivity contribution in [1.82, 2.24) is 10.6 Å². The van der Waals surface area contributed by atoms with Gasteiger partial charge in [0.2, 0.25) is 6.41 Å². The third-order valence-electron chi connectivity index (χ3n) is 3.02. The van der Waals surface area contributed by atoms with Crippen LogP contribution in [0.4, 0.5) is 10.5 Å². The molecule has 25 heavy (non-hydrogen) atoms. The Morgan fingerprint density at radius 1 is 1.24 bits per heavy atom. The Balaban J connectivity index is 3.11. The summed E-state index contributed by atoms with van der Waals surface area (Å²) in [5, 5.41) is 12.8. The van der Waals surface area contributed by atoms with Gasteiger partial charge in [-0.1, -0.05) is 18.2 Å². The highest BCUT2D eigenvalue weighted by molar-refractivity contribution is 6.03. The number of carbonyl (C=O) groups is 5. The van der Waals surface area contributed by atoms with Gasteiger partial charge in [0.1, 0.15) is 12.6 Å². The Kier molecular flexibility index (Phi) is 7.57. The number of rotatable bonds is 8. The summed E-state index contributed by atoms with van der Waals surface area (Å²) in [6.07, 6.45) is -0.656. The summed E-state index contributed by atoms with van der Waals surface area (Å²) in [5.74, 6) is -2.93. The van der Waals surface area contributed by atoms with Crippen LogP contribution in [-0.2, 0) is 23.9 Å². The molecule has 0 aliphatic carbocycles. The smallest absolute Gasteiger partial charge is 0.325 e. The number of carboxylic acid groups (broad SMARTS) is 1. The van der Waals surface area contributed by atoms with Gasteiger partial charge in [0.25, 0.3) is 5.91 Å². The highest BCUT2D eigenvalue weighted by atomic mass is 16.5. The minimum atomic E-state index is -1.50. The molecule has 0 radical (unpaired) electrons. The van der Waals surface area contributed by atoms with Crippen molar-refractivity contribution in [2.24, 2.45) is 0 Å². The fourth-order valence-corrected chi connectivity index (χ4v) is 1.91. The Morgan fingerprint density at radius 3 is 2.40 bits per heavy atom. The third kappa shape index (κ3) is 6.29. The topological polar surface area (TPSA) is 142 Å². The molecule has 3 N–H and O–H groups in total. The number of amides is 4. The van der Waals surface area contributed by atoms with Gasteiger partial charge in [-0.05, 0) is 12.1 Å². The molecular formula is C15H17N3O7. The lowest BCUT2D eigenvalue weighted by Crippen LogP contribution is -2.53. The number of imide groups is 1. The molecule has 0 unspecified atom stereocenters. The SMILES string of the molecule is COC(=O)CN(C(=O)[C@H](CC(=O)O)NC(=O)NC=O)c1ccccc1. The monoisotopic (exact) mass is 351 g/mol. The summed E-state index contributed by atoms with van der Waals surface area (Å²) in [6.45, 7) is -0.480. The fourth-order valence-electron chi connectivity index (χ4n) is 1.91. The van der Waals surface area contributed by atoms with Crippen molar-refractivity contribution < 1.29 is 33.8 Å². The molecule has 134 valence electrons. The highest BCUT2D eigenvalue weighted by Crippen LogP contribution is 2.15. The van der Waals surface area contributed by atoms with E-state index in [1.807, 2.05) is 0 Å². The highest BCUT2D eigenvalue weighted by Gasteiger charge is 2.30. The molecule has 4 amide bonds. The van der Waals surface area contributed by atoms with Gasteiger partial charge in [-0.25, -0.2) is 4.79 Å². The van der Waals surface area contributed by atoms with Crippen molar-refractivity contribution >= 4 is 36.0 Å². The summed E-state index contributed by atoms with van der Waals surface area (Å²) < 4.78 is 4.54. The first-order chi connectivity index (χ1) is 11.9. The largest absolute Gasteiger partial charge is 0.481 e. The molecule has 0 spiro atoms. The molecule has 0 heterocycles. The van der Waals surface area contributed by atoms with E-state index in [1.165, 1.54) is 12.1 Å². The van der Waals surface area contributed by atoms with E-state index in [0.29, 0.717) is 5.69 Å². The van der Waals surface area contributed by atoms with Gasteiger partial charge in [-0.3, -0.25) is 29.4 Å². The Labute approximate surface area is 142 Å². The summed E-state index contributed by atoms with van der Waals surface area (Å²) >= 11 is 0. The van der Waals surface area contributed by atoms with Gasteiger partial charge in [0.05, 0.1) is 13.5 Å². The van der Waals surface area contributed by atoms with E-state index in [9.17, 15) is 24.0 Å². The molecule has 0 aromatic heterocycles. The molecule has 10 nitrogen and oxygen atoms in total. The molecule has 10 heteroatoms. The minimum Gasteiger partial charge on any atom is -0.481 e. The molecule has 1 aromatic rings. The molecule has 0 saturated carbocycles. The number of carboxylic acids is 1. The summed E-state index contributed by atoms with van der Waals surface area (Å²) in [6, 6.07) is 5.45. The fraction of sp³-hybridized carbons (Fsp3) is 0.267. The molecular weight excluding hydrogens is 334 g/mol. The number of para-hydroxylation sites is 1. The zero-order valence-electron chi connectivity index (χ0n) is 13.3. The Bertz CT molecular complexity index is 648. The van der Waals surface area contributed by atoms with Gasteiger partial charge in [-0.2, -0.15) is 0 Å². The molecule has 1 rings (SSSR count). The van der Waals surface area contributed by atoms with Crippen LogP contribution in [0.25, 0.3) is 0 Å². The van der Waals surface area contributed by atoms with Crippen LogP contribution in [0.2, 0.25) is 0 Å². The number of methoxy groups -OCH3 is 1. The second kappa shape index (κ2) is 9.65. The van der Waals surface area contributed by atoms with E-state index < -0.39 is 42.9 Å². The van der Waals surface area contributed by atoms with Crippen molar-refractivity contribution in [3.8, 4) is 0 Å². The molecule has 0 saturated heterocycles. The van der Waals surface area contributed by atoms with Crippen molar-refractivity contribution in [3.05, 3.63) is 30.3 Å². The van der Waals surface area contributed by atoms with E-state index in [1.54, 1.807) is 23.5 Å². The van der Waals surface area contributed by atoms with E-state index >= 15 is 0 Å². The number of urea groups is 1. The van der Waals surface area contributed by atoms with Crippen molar-refractivity contribution in [3.63, 3.8) is 0 Å². The van der Waals surface area contributed by atoms with Crippen LogP contribution in [0.3, 0.4) is 0 Å². The van der Waals surface area contributed by atoms with Crippen LogP contribution in [0.1, 0.15) is 6.42 Å². The number of hydrogen-bond acceptors (Lipinski definition) is 6. The van der Waals surface area contributed by atoms with Crippen LogP contribution in [0.15, 0.2) is 30.3 Å². The quantitative estimate of drug-likeness (QED) is 0.423. The average Bonchev–Trinajstić information content (AvgIpc) is 2.58. The van der Waals surface area contributed by atoms with Gasteiger partial charge in [0.15, 0.2) is 0 Å². The molecule has 0 fully saturated rings. The van der Waals surface area contributed by atoms with E-state index in [4.69, 9.17) is 5.11 Å². The number of esters is 1. The second-order valence-corrected chi connectivity index (χ2v) is 4.72. The maximum absolute atomic E-state index is 12.7. The minimum absolute atomic E-state index is 0.0844. The van der Waals surface area contributed by atoms with E-state index in [2.05, 4.69) is 10.1 Å².